The molecule has 4 nitrogen and oxygen atoms in total. The lowest BCUT2D eigenvalue weighted by atomic mass is 9.93. The molecule has 5 rings (SSSR count). The highest BCUT2D eigenvalue weighted by molar-refractivity contribution is 5.64. The minimum absolute atomic E-state index is 0.164. The SMILES string of the molecule is CC(O)(c1ccc(-c2ccc(CN3CC4CCC(C3)N4Cc3ccncc3)cc2)cc1)C(F)(F)F. The van der Waals surface area contributed by atoms with Gasteiger partial charge < -0.3 is 5.11 Å². The third-order valence-corrected chi connectivity index (χ3v) is 7.52. The number of benzene rings is 2. The molecule has 2 bridgehead atoms. The summed E-state index contributed by atoms with van der Waals surface area (Å²) < 4.78 is 39.3. The van der Waals surface area contributed by atoms with E-state index in [2.05, 4.69) is 39.0 Å². The van der Waals surface area contributed by atoms with Crippen molar-refractivity contribution < 1.29 is 18.3 Å². The van der Waals surface area contributed by atoms with E-state index in [9.17, 15) is 18.3 Å². The molecule has 35 heavy (non-hydrogen) atoms. The first-order valence-electron chi connectivity index (χ1n) is 12.1. The maximum Gasteiger partial charge on any atom is 0.421 e. The molecule has 2 aliphatic heterocycles. The Morgan fingerprint density at radius 3 is 1.86 bits per heavy atom. The third kappa shape index (κ3) is 4.99. The number of rotatable bonds is 6. The topological polar surface area (TPSA) is 39.6 Å². The van der Waals surface area contributed by atoms with Gasteiger partial charge >= 0.3 is 6.18 Å². The van der Waals surface area contributed by atoms with Crippen molar-refractivity contribution in [3.05, 3.63) is 89.7 Å². The van der Waals surface area contributed by atoms with Crippen LogP contribution in [0.2, 0.25) is 0 Å². The lowest BCUT2D eigenvalue weighted by Gasteiger charge is -2.41. The van der Waals surface area contributed by atoms with Crippen LogP contribution in [-0.4, -0.2) is 51.2 Å². The van der Waals surface area contributed by atoms with Crippen LogP contribution >= 0.6 is 0 Å². The molecule has 3 atom stereocenters. The van der Waals surface area contributed by atoms with E-state index < -0.39 is 11.8 Å². The van der Waals surface area contributed by atoms with E-state index in [1.807, 2.05) is 24.5 Å². The van der Waals surface area contributed by atoms with Crippen LogP contribution in [-0.2, 0) is 18.7 Å². The summed E-state index contributed by atoms with van der Waals surface area (Å²) in [5, 5.41) is 9.87. The number of hydrogen-bond donors (Lipinski definition) is 1. The van der Waals surface area contributed by atoms with Crippen LogP contribution in [0.5, 0.6) is 0 Å². The zero-order chi connectivity index (χ0) is 24.6. The van der Waals surface area contributed by atoms with Gasteiger partial charge in [-0.3, -0.25) is 14.8 Å². The zero-order valence-corrected chi connectivity index (χ0v) is 19.7. The fraction of sp³-hybridized carbons (Fsp3) is 0.393. The summed E-state index contributed by atoms with van der Waals surface area (Å²) in [4.78, 5) is 9.30. The Balaban J connectivity index is 1.21. The molecule has 0 radical (unpaired) electrons. The number of alkyl halides is 3. The van der Waals surface area contributed by atoms with E-state index in [1.54, 1.807) is 12.1 Å². The minimum atomic E-state index is -4.72. The summed E-state index contributed by atoms with van der Waals surface area (Å²) in [5.74, 6) is 0. The van der Waals surface area contributed by atoms with Crippen molar-refractivity contribution >= 4 is 0 Å². The van der Waals surface area contributed by atoms with Gasteiger partial charge in [0.05, 0.1) is 0 Å². The van der Waals surface area contributed by atoms with Gasteiger partial charge in [0.1, 0.15) is 0 Å². The van der Waals surface area contributed by atoms with E-state index in [0.29, 0.717) is 12.1 Å². The Kier molecular flexibility index (Phi) is 6.42. The minimum Gasteiger partial charge on any atom is -0.376 e. The van der Waals surface area contributed by atoms with E-state index in [1.165, 1.54) is 36.1 Å². The predicted molar refractivity (Wildman–Crippen MR) is 129 cm³/mol. The first-order chi connectivity index (χ1) is 16.7. The molecule has 0 amide bonds. The van der Waals surface area contributed by atoms with Gasteiger partial charge in [-0.15, -0.1) is 0 Å². The summed E-state index contributed by atoms with van der Waals surface area (Å²) in [7, 11) is 0. The van der Waals surface area contributed by atoms with E-state index in [0.717, 1.165) is 44.2 Å². The number of aromatic nitrogens is 1. The number of pyridine rings is 1. The molecular formula is C28H30F3N3O. The number of likely N-dealkylation sites (tertiary alicyclic amines) is 1. The van der Waals surface area contributed by atoms with Crippen molar-refractivity contribution in [1.29, 1.82) is 0 Å². The number of fused-ring (bicyclic) bond motifs is 2. The van der Waals surface area contributed by atoms with Crippen LogP contribution < -0.4 is 0 Å². The molecule has 2 saturated heterocycles. The molecule has 3 aromatic rings. The maximum atomic E-state index is 13.1. The fourth-order valence-corrected chi connectivity index (χ4v) is 5.38. The third-order valence-electron chi connectivity index (χ3n) is 7.52. The predicted octanol–water partition coefficient (Wildman–Crippen LogP) is 5.37. The second kappa shape index (κ2) is 9.37. The monoisotopic (exact) mass is 481 g/mol. The molecule has 2 aromatic carbocycles. The molecular weight excluding hydrogens is 451 g/mol. The second-order valence-corrected chi connectivity index (χ2v) is 9.95. The standard InChI is InChI=1S/C28H30F3N3O/c1-27(35,28(29,30)31)24-8-6-23(7-9-24)22-4-2-20(3-5-22)16-33-18-25-10-11-26(19-33)34(25)17-21-12-14-32-15-13-21/h2-9,12-15,25-26,35H,10-11,16-19H2,1H3. The highest BCUT2D eigenvalue weighted by Crippen LogP contribution is 2.39. The molecule has 0 spiro atoms. The lowest BCUT2D eigenvalue weighted by molar-refractivity contribution is -0.258. The average molecular weight is 482 g/mol. The van der Waals surface area contributed by atoms with Gasteiger partial charge in [-0.2, -0.15) is 13.2 Å². The Labute approximate surface area is 204 Å². The average Bonchev–Trinajstić information content (AvgIpc) is 3.07. The number of hydrogen-bond acceptors (Lipinski definition) is 4. The van der Waals surface area contributed by atoms with Gasteiger partial charge in [-0.1, -0.05) is 48.5 Å². The Morgan fingerprint density at radius 1 is 0.800 bits per heavy atom. The van der Waals surface area contributed by atoms with Gasteiger partial charge in [0.15, 0.2) is 5.60 Å². The van der Waals surface area contributed by atoms with Gasteiger partial charge in [-0.05, 0) is 59.7 Å². The van der Waals surface area contributed by atoms with E-state index in [-0.39, 0.29) is 5.56 Å². The molecule has 0 aliphatic carbocycles. The van der Waals surface area contributed by atoms with Gasteiger partial charge in [0.25, 0.3) is 0 Å². The normalized spacial score (nSPS) is 22.8. The molecule has 184 valence electrons. The fourth-order valence-electron chi connectivity index (χ4n) is 5.38. The molecule has 2 fully saturated rings. The number of halogens is 3. The highest BCUT2D eigenvalue weighted by Gasteiger charge is 2.51. The first kappa shape index (κ1) is 24.0. The lowest BCUT2D eigenvalue weighted by Crippen LogP contribution is -2.52. The van der Waals surface area contributed by atoms with Crippen molar-refractivity contribution in [3.8, 4) is 11.1 Å². The van der Waals surface area contributed by atoms with Gasteiger partial charge in [0, 0.05) is 50.7 Å². The number of nitrogens with zero attached hydrogens (tertiary/aromatic N) is 3. The van der Waals surface area contributed by atoms with Crippen LogP contribution in [0.1, 0.15) is 36.5 Å². The molecule has 3 heterocycles. The van der Waals surface area contributed by atoms with Crippen LogP contribution in [0.25, 0.3) is 11.1 Å². The quantitative estimate of drug-likeness (QED) is 0.514. The molecule has 0 saturated carbocycles. The molecule has 7 heteroatoms. The number of piperazine rings is 1. The van der Waals surface area contributed by atoms with Gasteiger partial charge in [-0.25, -0.2) is 0 Å². The summed E-state index contributed by atoms with van der Waals surface area (Å²) in [6.07, 6.45) is 1.47. The molecule has 1 N–H and O–H groups in total. The van der Waals surface area contributed by atoms with E-state index >= 15 is 0 Å². The van der Waals surface area contributed by atoms with Crippen molar-refractivity contribution in [2.75, 3.05) is 13.1 Å². The van der Waals surface area contributed by atoms with Crippen LogP contribution in [0.15, 0.2) is 73.1 Å². The zero-order valence-electron chi connectivity index (χ0n) is 19.7. The van der Waals surface area contributed by atoms with Crippen molar-refractivity contribution in [2.24, 2.45) is 0 Å². The largest absolute Gasteiger partial charge is 0.421 e. The summed E-state index contributed by atoms with van der Waals surface area (Å²) in [6, 6.07) is 19.5. The first-order valence-corrected chi connectivity index (χ1v) is 12.1. The van der Waals surface area contributed by atoms with Crippen molar-refractivity contribution in [2.45, 2.75) is 56.7 Å². The Morgan fingerprint density at radius 2 is 1.31 bits per heavy atom. The van der Waals surface area contributed by atoms with Crippen LogP contribution in [0.3, 0.4) is 0 Å². The van der Waals surface area contributed by atoms with Crippen molar-refractivity contribution in [1.82, 2.24) is 14.8 Å². The Bertz CT molecular complexity index is 1120. The summed E-state index contributed by atoms with van der Waals surface area (Å²) in [5.41, 5.74) is 1.28. The highest BCUT2D eigenvalue weighted by atomic mass is 19.4. The maximum absolute atomic E-state index is 13.1. The van der Waals surface area contributed by atoms with Crippen molar-refractivity contribution in [3.63, 3.8) is 0 Å². The van der Waals surface area contributed by atoms with E-state index in [4.69, 9.17) is 0 Å². The van der Waals surface area contributed by atoms with Crippen LogP contribution in [0.4, 0.5) is 13.2 Å². The Hall–Kier alpha value is -2.74. The number of aliphatic hydroxyl groups is 1. The molecule has 3 unspecified atom stereocenters. The van der Waals surface area contributed by atoms with Gasteiger partial charge in [0.2, 0.25) is 0 Å². The molecule has 1 aromatic heterocycles. The summed E-state index contributed by atoms with van der Waals surface area (Å²) >= 11 is 0. The second-order valence-electron chi connectivity index (χ2n) is 9.95. The van der Waals surface area contributed by atoms with Crippen LogP contribution in [0, 0.1) is 0 Å². The summed E-state index contributed by atoms with van der Waals surface area (Å²) in [6.45, 7) is 4.77. The smallest absolute Gasteiger partial charge is 0.376 e. The molecule has 2 aliphatic rings.